The zero-order chi connectivity index (χ0) is 16.9. The van der Waals surface area contributed by atoms with Crippen molar-refractivity contribution >= 4 is 26.8 Å². The summed E-state index contributed by atoms with van der Waals surface area (Å²) < 4.78 is 6.30. The maximum absolute atomic E-state index is 5.23. The van der Waals surface area contributed by atoms with Gasteiger partial charge in [-0.15, -0.1) is 0 Å². The molecule has 1 heterocycles. The predicted molar refractivity (Wildman–Crippen MR) is 102 cm³/mol. The zero-order valence-electron chi connectivity index (χ0n) is 14.1. The topological polar surface area (TPSA) is 35.0 Å². The van der Waals surface area contributed by atoms with Gasteiger partial charge in [-0.1, -0.05) is 38.0 Å². The maximum Gasteiger partial charge on any atom is 0.118 e. The summed E-state index contributed by atoms with van der Waals surface area (Å²) >= 11 is 3.74. The van der Waals surface area contributed by atoms with Gasteiger partial charge in [-0.2, -0.15) is 10.2 Å². The first-order valence-corrected chi connectivity index (χ1v) is 9.11. The molecule has 3 rings (SSSR count). The Balaban J connectivity index is 1.97. The number of hydrogen-bond acceptors (Lipinski definition) is 3. The number of rotatable bonds is 6. The summed E-state index contributed by atoms with van der Waals surface area (Å²) in [4.78, 5) is 0. The third-order valence-corrected chi connectivity index (χ3v) is 5.09. The summed E-state index contributed by atoms with van der Waals surface area (Å²) in [5, 5.41) is 9.89. The number of aromatic nitrogens is 2. The lowest BCUT2D eigenvalue weighted by atomic mass is 10.0. The third kappa shape index (κ3) is 3.59. The standard InChI is InChI=1S/C20H21BrN2O/c1-3-4-5-6-19-20(21)17-13-15(9-12-18(17)22-23-19)14-7-10-16(24-2)11-8-14/h7-13H,3-6H2,1-2H3. The molecule has 24 heavy (non-hydrogen) atoms. The van der Waals surface area contributed by atoms with Crippen LogP contribution < -0.4 is 4.74 Å². The van der Waals surface area contributed by atoms with E-state index in [2.05, 4.69) is 57.3 Å². The summed E-state index contributed by atoms with van der Waals surface area (Å²) in [6.07, 6.45) is 4.54. The average Bonchev–Trinajstić information content (AvgIpc) is 2.64. The Kier molecular flexibility index (Phi) is 5.46. The smallest absolute Gasteiger partial charge is 0.118 e. The van der Waals surface area contributed by atoms with Gasteiger partial charge < -0.3 is 4.74 Å². The summed E-state index contributed by atoms with van der Waals surface area (Å²) in [6, 6.07) is 14.4. The van der Waals surface area contributed by atoms with Gasteiger partial charge in [-0.25, -0.2) is 0 Å². The normalized spacial score (nSPS) is 11.0. The minimum absolute atomic E-state index is 0.866. The van der Waals surface area contributed by atoms with E-state index in [1.54, 1.807) is 7.11 Å². The molecule has 4 heteroatoms. The first-order valence-electron chi connectivity index (χ1n) is 8.32. The Hall–Kier alpha value is -1.94. The van der Waals surface area contributed by atoms with Crippen LogP contribution in [0.25, 0.3) is 22.0 Å². The molecule has 0 N–H and O–H groups in total. The van der Waals surface area contributed by atoms with E-state index in [1.807, 2.05) is 18.2 Å². The molecule has 0 aliphatic heterocycles. The first-order chi connectivity index (χ1) is 11.7. The van der Waals surface area contributed by atoms with Crippen molar-refractivity contribution in [3.8, 4) is 16.9 Å². The largest absolute Gasteiger partial charge is 0.497 e. The number of methoxy groups -OCH3 is 1. The number of benzene rings is 2. The van der Waals surface area contributed by atoms with Crippen LogP contribution in [0.4, 0.5) is 0 Å². The van der Waals surface area contributed by atoms with Gasteiger partial charge in [0.1, 0.15) is 5.75 Å². The van der Waals surface area contributed by atoms with Crippen LogP contribution in [0.1, 0.15) is 31.9 Å². The van der Waals surface area contributed by atoms with Crippen molar-refractivity contribution in [1.82, 2.24) is 10.2 Å². The zero-order valence-corrected chi connectivity index (χ0v) is 15.6. The molecule has 0 bridgehead atoms. The summed E-state index contributed by atoms with van der Waals surface area (Å²) in [5.41, 5.74) is 4.29. The lowest BCUT2D eigenvalue weighted by molar-refractivity contribution is 0.415. The molecule has 1 aromatic heterocycles. The molecule has 0 aliphatic rings. The van der Waals surface area contributed by atoms with E-state index < -0.39 is 0 Å². The van der Waals surface area contributed by atoms with E-state index in [4.69, 9.17) is 4.74 Å². The molecule has 0 unspecified atom stereocenters. The van der Waals surface area contributed by atoms with Crippen LogP contribution in [0.15, 0.2) is 46.9 Å². The SMILES string of the molecule is CCCCCc1nnc2ccc(-c3ccc(OC)cc3)cc2c1Br. The highest BCUT2D eigenvalue weighted by Gasteiger charge is 2.10. The third-order valence-electron chi connectivity index (χ3n) is 4.21. The van der Waals surface area contributed by atoms with Crippen molar-refractivity contribution in [2.24, 2.45) is 0 Å². The van der Waals surface area contributed by atoms with Crippen LogP contribution in [-0.2, 0) is 6.42 Å². The number of aryl methyl sites for hydroxylation is 1. The lowest BCUT2D eigenvalue weighted by Crippen LogP contribution is -1.97. The monoisotopic (exact) mass is 384 g/mol. The molecule has 0 aliphatic carbocycles. The highest BCUT2D eigenvalue weighted by molar-refractivity contribution is 9.10. The van der Waals surface area contributed by atoms with Crippen molar-refractivity contribution < 1.29 is 4.74 Å². The number of halogens is 1. The highest BCUT2D eigenvalue weighted by Crippen LogP contribution is 2.30. The number of nitrogens with zero attached hydrogens (tertiary/aromatic N) is 2. The molecule has 3 aromatic rings. The molecule has 0 radical (unpaired) electrons. The fourth-order valence-corrected chi connectivity index (χ4v) is 3.37. The minimum atomic E-state index is 0.866. The van der Waals surface area contributed by atoms with E-state index in [0.29, 0.717) is 0 Å². The highest BCUT2D eigenvalue weighted by atomic mass is 79.9. The average molecular weight is 385 g/mol. The van der Waals surface area contributed by atoms with E-state index >= 15 is 0 Å². The molecule has 3 nitrogen and oxygen atoms in total. The van der Waals surface area contributed by atoms with Crippen molar-refractivity contribution in [3.63, 3.8) is 0 Å². The first kappa shape index (κ1) is 16.9. The fraction of sp³-hybridized carbons (Fsp3) is 0.300. The Morgan fingerprint density at radius 3 is 2.42 bits per heavy atom. The molecule has 0 saturated heterocycles. The number of hydrogen-bond donors (Lipinski definition) is 0. The minimum Gasteiger partial charge on any atom is -0.497 e. The van der Waals surface area contributed by atoms with Gasteiger partial charge in [-0.05, 0) is 64.2 Å². The number of ether oxygens (including phenoxy) is 1. The van der Waals surface area contributed by atoms with E-state index in [0.717, 1.165) is 45.2 Å². The van der Waals surface area contributed by atoms with Gasteiger partial charge >= 0.3 is 0 Å². The summed E-state index contributed by atoms with van der Waals surface area (Å²) in [7, 11) is 1.68. The lowest BCUT2D eigenvalue weighted by Gasteiger charge is -2.09. The summed E-state index contributed by atoms with van der Waals surface area (Å²) in [6.45, 7) is 2.21. The summed E-state index contributed by atoms with van der Waals surface area (Å²) in [5.74, 6) is 0.866. The molecule has 0 saturated carbocycles. The Labute approximate surface area is 151 Å². The van der Waals surface area contributed by atoms with Gasteiger partial charge in [0.15, 0.2) is 0 Å². The second-order valence-electron chi connectivity index (χ2n) is 5.88. The molecule has 0 amide bonds. The molecule has 0 spiro atoms. The Morgan fingerprint density at radius 2 is 1.71 bits per heavy atom. The fourth-order valence-electron chi connectivity index (χ4n) is 2.78. The van der Waals surface area contributed by atoms with Crippen LogP contribution in [0.2, 0.25) is 0 Å². The van der Waals surface area contributed by atoms with Gasteiger partial charge in [-0.3, -0.25) is 0 Å². The molecular formula is C20H21BrN2O. The Bertz CT molecular complexity index is 831. The van der Waals surface area contributed by atoms with Crippen LogP contribution in [-0.4, -0.2) is 17.3 Å². The molecule has 2 aromatic carbocycles. The van der Waals surface area contributed by atoms with E-state index in [9.17, 15) is 0 Å². The predicted octanol–water partition coefficient (Wildman–Crippen LogP) is 5.80. The quantitative estimate of drug-likeness (QED) is 0.503. The number of unbranched alkanes of at least 4 members (excludes halogenated alkanes) is 2. The van der Waals surface area contributed by atoms with Gasteiger partial charge in [0.2, 0.25) is 0 Å². The van der Waals surface area contributed by atoms with Crippen LogP contribution in [0.3, 0.4) is 0 Å². The number of fused-ring (bicyclic) bond motifs is 1. The molecule has 0 fully saturated rings. The second-order valence-corrected chi connectivity index (χ2v) is 6.67. The van der Waals surface area contributed by atoms with Gasteiger partial charge in [0.05, 0.1) is 22.8 Å². The van der Waals surface area contributed by atoms with Crippen molar-refractivity contribution in [1.29, 1.82) is 0 Å². The van der Waals surface area contributed by atoms with Crippen molar-refractivity contribution in [3.05, 3.63) is 52.6 Å². The molecule has 0 atom stereocenters. The van der Waals surface area contributed by atoms with Crippen LogP contribution in [0.5, 0.6) is 5.75 Å². The van der Waals surface area contributed by atoms with E-state index in [1.165, 1.54) is 18.4 Å². The van der Waals surface area contributed by atoms with Crippen molar-refractivity contribution in [2.75, 3.05) is 7.11 Å². The second kappa shape index (κ2) is 7.75. The Morgan fingerprint density at radius 1 is 0.958 bits per heavy atom. The van der Waals surface area contributed by atoms with Crippen molar-refractivity contribution in [2.45, 2.75) is 32.6 Å². The van der Waals surface area contributed by atoms with Crippen LogP contribution in [0, 0.1) is 0 Å². The van der Waals surface area contributed by atoms with E-state index in [-0.39, 0.29) is 0 Å². The van der Waals surface area contributed by atoms with Crippen LogP contribution >= 0.6 is 15.9 Å². The molecule has 124 valence electrons. The molecular weight excluding hydrogens is 364 g/mol. The van der Waals surface area contributed by atoms with Gasteiger partial charge in [0, 0.05) is 5.39 Å². The van der Waals surface area contributed by atoms with Gasteiger partial charge in [0.25, 0.3) is 0 Å². The maximum atomic E-state index is 5.23.